The molecule has 1 unspecified atom stereocenters. The first-order chi connectivity index (χ1) is 12.3. The van der Waals surface area contributed by atoms with Gasteiger partial charge in [-0.3, -0.25) is 0 Å². The Labute approximate surface area is 149 Å². The van der Waals surface area contributed by atoms with E-state index >= 15 is 0 Å². The summed E-state index contributed by atoms with van der Waals surface area (Å²) in [5, 5.41) is 5.89. The molecule has 2 aromatic carbocycles. The van der Waals surface area contributed by atoms with Gasteiger partial charge in [-0.25, -0.2) is 9.67 Å². The molecule has 0 radical (unpaired) electrons. The average molecular weight is 346 g/mol. The molecule has 5 rings (SSSR count). The van der Waals surface area contributed by atoms with E-state index in [2.05, 4.69) is 24.3 Å². The van der Waals surface area contributed by atoms with Gasteiger partial charge in [-0.15, -0.1) is 0 Å². The van der Waals surface area contributed by atoms with Crippen molar-refractivity contribution in [2.45, 2.75) is 25.3 Å². The lowest BCUT2D eigenvalue weighted by atomic mass is 9.90. The van der Waals surface area contributed by atoms with E-state index in [-0.39, 0.29) is 6.04 Å². The normalized spacial score (nSPS) is 16.9. The van der Waals surface area contributed by atoms with Crippen LogP contribution in [-0.2, 0) is 6.42 Å². The second kappa shape index (κ2) is 5.79. The molecule has 124 valence electrons. The fraction of sp³-hybridized carbons (Fsp3) is 0.200. The highest BCUT2D eigenvalue weighted by Gasteiger charge is 2.28. The molecule has 2 heterocycles. The molecule has 0 spiro atoms. The summed E-state index contributed by atoms with van der Waals surface area (Å²) in [6, 6.07) is 18.6. The van der Waals surface area contributed by atoms with E-state index < -0.39 is 0 Å². The molecule has 25 heavy (non-hydrogen) atoms. The first-order valence-electron chi connectivity index (χ1n) is 8.60. The van der Waals surface area contributed by atoms with Crippen LogP contribution in [0.1, 0.15) is 30.1 Å². The maximum Gasteiger partial charge on any atom is 0.211 e. The Morgan fingerprint density at radius 3 is 2.68 bits per heavy atom. The number of nitrogens with zero attached hydrogens (tertiary/aromatic N) is 3. The molecular formula is C20H18N4S. The van der Waals surface area contributed by atoms with Gasteiger partial charge in [-0.2, -0.15) is 5.10 Å². The van der Waals surface area contributed by atoms with Crippen molar-refractivity contribution in [3.05, 3.63) is 65.9 Å². The Kier molecular flexibility index (Phi) is 3.43. The lowest BCUT2D eigenvalue weighted by Gasteiger charge is -2.20. The zero-order valence-corrected chi connectivity index (χ0v) is 14.5. The highest BCUT2D eigenvalue weighted by Crippen LogP contribution is 2.38. The van der Waals surface area contributed by atoms with E-state index in [1.807, 2.05) is 35.0 Å². The molecular weight excluding hydrogens is 328 g/mol. The molecule has 0 saturated carbocycles. The van der Waals surface area contributed by atoms with Gasteiger partial charge in [0.05, 0.1) is 21.6 Å². The Balaban J connectivity index is 1.75. The number of rotatable bonds is 2. The fourth-order valence-electron chi connectivity index (χ4n) is 3.65. The quantitative estimate of drug-likeness (QED) is 0.582. The maximum atomic E-state index is 6.48. The van der Waals surface area contributed by atoms with E-state index in [4.69, 9.17) is 15.8 Å². The van der Waals surface area contributed by atoms with Crippen LogP contribution in [0.2, 0.25) is 0 Å². The summed E-state index contributed by atoms with van der Waals surface area (Å²) in [7, 11) is 0. The average Bonchev–Trinajstić information content (AvgIpc) is 3.24. The van der Waals surface area contributed by atoms with Crippen molar-refractivity contribution in [2.24, 2.45) is 5.73 Å². The summed E-state index contributed by atoms with van der Waals surface area (Å²) in [5.41, 5.74) is 12.0. The van der Waals surface area contributed by atoms with Gasteiger partial charge in [-0.05, 0) is 31.4 Å². The highest BCUT2D eigenvalue weighted by molar-refractivity contribution is 7.20. The van der Waals surface area contributed by atoms with E-state index in [1.54, 1.807) is 11.3 Å². The van der Waals surface area contributed by atoms with Gasteiger partial charge in [0, 0.05) is 17.2 Å². The van der Waals surface area contributed by atoms with Crippen LogP contribution in [0.4, 0.5) is 0 Å². The second-order valence-corrected chi connectivity index (χ2v) is 7.46. The summed E-state index contributed by atoms with van der Waals surface area (Å²) in [5.74, 6) is 0. The topological polar surface area (TPSA) is 56.7 Å². The van der Waals surface area contributed by atoms with Crippen molar-refractivity contribution in [1.29, 1.82) is 0 Å². The van der Waals surface area contributed by atoms with Gasteiger partial charge in [0.2, 0.25) is 5.13 Å². The monoisotopic (exact) mass is 346 g/mol. The Bertz CT molecular complexity index is 1020. The van der Waals surface area contributed by atoms with Crippen LogP contribution in [0.5, 0.6) is 0 Å². The first kappa shape index (κ1) is 14.8. The molecule has 4 aromatic rings. The summed E-state index contributed by atoms with van der Waals surface area (Å²) in [4.78, 5) is 4.80. The number of hydrogen-bond acceptors (Lipinski definition) is 4. The summed E-state index contributed by atoms with van der Waals surface area (Å²) in [6.45, 7) is 0. The Hall–Kier alpha value is -2.50. The molecule has 1 aliphatic rings. The minimum atomic E-state index is 0.0436. The number of nitrogens with two attached hydrogens (primary N) is 1. The lowest BCUT2D eigenvalue weighted by Crippen LogP contribution is -2.18. The van der Waals surface area contributed by atoms with Crippen LogP contribution in [0.25, 0.3) is 26.6 Å². The van der Waals surface area contributed by atoms with Crippen molar-refractivity contribution in [1.82, 2.24) is 14.8 Å². The molecule has 5 heteroatoms. The Morgan fingerprint density at radius 2 is 1.84 bits per heavy atom. The second-order valence-electron chi connectivity index (χ2n) is 6.45. The zero-order chi connectivity index (χ0) is 16.8. The number of thiazole rings is 1. The van der Waals surface area contributed by atoms with Gasteiger partial charge >= 0.3 is 0 Å². The fourth-order valence-corrected chi connectivity index (χ4v) is 4.59. The van der Waals surface area contributed by atoms with Crippen LogP contribution < -0.4 is 5.73 Å². The van der Waals surface area contributed by atoms with Crippen molar-refractivity contribution in [3.63, 3.8) is 0 Å². The number of hydrogen-bond donors (Lipinski definition) is 1. The molecule has 4 nitrogen and oxygen atoms in total. The zero-order valence-electron chi connectivity index (χ0n) is 13.7. The minimum absolute atomic E-state index is 0.0436. The predicted molar refractivity (Wildman–Crippen MR) is 102 cm³/mol. The van der Waals surface area contributed by atoms with Crippen molar-refractivity contribution >= 4 is 21.6 Å². The third-order valence-electron chi connectivity index (χ3n) is 4.83. The van der Waals surface area contributed by atoms with Gasteiger partial charge < -0.3 is 5.73 Å². The molecule has 0 bridgehead atoms. The molecule has 0 saturated heterocycles. The highest BCUT2D eigenvalue weighted by atomic mass is 32.1. The van der Waals surface area contributed by atoms with Gasteiger partial charge in [0.25, 0.3) is 0 Å². The molecule has 1 atom stereocenters. The third-order valence-corrected chi connectivity index (χ3v) is 5.84. The van der Waals surface area contributed by atoms with Crippen LogP contribution in [-0.4, -0.2) is 14.8 Å². The van der Waals surface area contributed by atoms with Crippen LogP contribution in [0.15, 0.2) is 54.6 Å². The maximum absolute atomic E-state index is 6.48. The summed E-state index contributed by atoms with van der Waals surface area (Å²) >= 11 is 1.68. The van der Waals surface area contributed by atoms with Crippen molar-refractivity contribution in [2.75, 3.05) is 0 Å². The Morgan fingerprint density at radius 1 is 1.04 bits per heavy atom. The molecule has 0 fully saturated rings. The van der Waals surface area contributed by atoms with Crippen molar-refractivity contribution < 1.29 is 0 Å². The standard InChI is InChI=1S/C20H18N4S/c21-14-9-6-11-16-18(14)19(13-7-2-1-3-8-13)23-24(16)20-22-15-10-4-5-12-17(15)25-20/h1-5,7-8,10,12,14H,6,9,11,21H2. The molecule has 2 N–H and O–H groups in total. The number of fused-ring (bicyclic) bond motifs is 2. The van der Waals surface area contributed by atoms with Crippen LogP contribution in [0, 0.1) is 0 Å². The largest absolute Gasteiger partial charge is 0.324 e. The smallest absolute Gasteiger partial charge is 0.211 e. The third kappa shape index (κ3) is 2.39. The lowest BCUT2D eigenvalue weighted by molar-refractivity contribution is 0.558. The first-order valence-corrected chi connectivity index (χ1v) is 9.41. The van der Waals surface area contributed by atoms with E-state index in [0.717, 1.165) is 41.2 Å². The predicted octanol–water partition coefficient (Wildman–Crippen LogP) is 4.49. The van der Waals surface area contributed by atoms with Gasteiger partial charge in [0.15, 0.2) is 0 Å². The van der Waals surface area contributed by atoms with Crippen LogP contribution >= 0.6 is 11.3 Å². The van der Waals surface area contributed by atoms with Gasteiger partial charge in [0.1, 0.15) is 0 Å². The number of para-hydroxylation sites is 1. The van der Waals surface area contributed by atoms with E-state index in [9.17, 15) is 0 Å². The minimum Gasteiger partial charge on any atom is -0.324 e. The van der Waals surface area contributed by atoms with E-state index in [1.165, 1.54) is 16.0 Å². The number of benzene rings is 2. The summed E-state index contributed by atoms with van der Waals surface area (Å²) in [6.07, 6.45) is 3.11. The molecule has 0 aliphatic heterocycles. The SMILES string of the molecule is NC1CCCc2c1c(-c1ccccc1)nn2-c1nc2ccccc2s1. The van der Waals surface area contributed by atoms with Crippen molar-refractivity contribution in [3.8, 4) is 16.4 Å². The van der Waals surface area contributed by atoms with Gasteiger partial charge in [-0.1, -0.05) is 53.8 Å². The summed E-state index contributed by atoms with van der Waals surface area (Å²) < 4.78 is 3.21. The molecule has 0 amide bonds. The molecule has 2 aromatic heterocycles. The molecule has 1 aliphatic carbocycles. The van der Waals surface area contributed by atoms with Crippen LogP contribution in [0.3, 0.4) is 0 Å². The van der Waals surface area contributed by atoms with E-state index in [0.29, 0.717) is 0 Å². The number of aromatic nitrogens is 3.